The van der Waals surface area contributed by atoms with Crippen LogP contribution in [-0.2, 0) is 12.3 Å². The summed E-state index contributed by atoms with van der Waals surface area (Å²) in [5.41, 5.74) is 1.80. The molecule has 1 amide bonds. The average molecular weight is 401 g/mol. The van der Waals surface area contributed by atoms with E-state index in [-0.39, 0.29) is 5.91 Å². The molecule has 0 radical (unpaired) electrons. The molecule has 142 valence electrons. The number of hydrogen-bond acceptors (Lipinski definition) is 5. The number of hydrogen-bond donors (Lipinski definition) is 1. The van der Waals surface area contributed by atoms with Crippen LogP contribution in [0.15, 0.2) is 46.9 Å². The van der Waals surface area contributed by atoms with Crippen LogP contribution in [0.4, 0.5) is 0 Å². The van der Waals surface area contributed by atoms with E-state index in [1.807, 2.05) is 35.7 Å². The molecule has 0 aliphatic rings. The molecular formula is C20H24N4OS2. The second-order valence-corrected chi connectivity index (χ2v) is 8.51. The fourth-order valence-electron chi connectivity index (χ4n) is 2.62. The van der Waals surface area contributed by atoms with Crippen LogP contribution in [-0.4, -0.2) is 27.2 Å². The van der Waals surface area contributed by atoms with Gasteiger partial charge in [0.25, 0.3) is 5.91 Å². The summed E-state index contributed by atoms with van der Waals surface area (Å²) < 4.78 is 2.13. The lowest BCUT2D eigenvalue weighted by molar-refractivity contribution is 0.0949. The van der Waals surface area contributed by atoms with Crippen LogP contribution in [0.25, 0.3) is 10.7 Å². The van der Waals surface area contributed by atoms with Crippen molar-refractivity contribution >= 4 is 29.0 Å². The van der Waals surface area contributed by atoms with Crippen molar-refractivity contribution in [3.05, 3.63) is 52.9 Å². The lowest BCUT2D eigenvalue weighted by atomic mass is 10.1. The number of nitrogens with zero attached hydrogens (tertiary/aromatic N) is 3. The number of carbonyl (C=O) groups excluding carboxylic acids is 1. The first-order valence-electron chi connectivity index (χ1n) is 9.05. The normalized spacial score (nSPS) is 11.1. The van der Waals surface area contributed by atoms with Crippen LogP contribution in [0.5, 0.6) is 0 Å². The highest BCUT2D eigenvalue weighted by atomic mass is 32.2. The molecule has 0 fully saturated rings. The summed E-state index contributed by atoms with van der Waals surface area (Å²) in [6.45, 7) is 7.77. The second kappa shape index (κ2) is 9.19. The third-order valence-electron chi connectivity index (χ3n) is 4.00. The first kappa shape index (κ1) is 19.6. The Labute approximate surface area is 168 Å². The number of benzene rings is 1. The van der Waals surface area contributed by atoms with E-state index < -0.39 is 0 Å². The predicted molar refractivity (Wildman–Crippen MR) is 112 cm³/mol. The Kier molecular flexibility index (Phi) is 6.68. The van der Waals surface area contributed by atoms with Gasteiger partial charge in [-0.15, -0.1) is 21.5 Å². The molecule has 2 heterocycles. The van der Waals surface area contributed by atoms with Crippen molar-refractivity contribution in [2.45, 2.75) is 38.2 Å². The minimum atomic E-state index is -0.0211. The van der Waals surface area contributed by atoms with E-state index in [9.17, 15) is 4.79 Å². The Morgan fingerprint density at radius 3 is 2.81 bits per heavy atom. The molecule has 3 aromatic rings. The van der Waals surface area contributed by atoms with Gasteiger partial charge in [-0.25, -0.2) is 0 Å². The van der Waals surface area contributed by atoms with Gasteiger partial charge in [-0.3, -0.25) is 4.79 Å². The molecule has 0 saturated heterocycles. The standard InChI is InChI=1S/C20H24N4OS2/c1-4-24-18(17-9-6-10-26-17)22-23-20(24)27-13-15-7-5-8-16(11-15)19(25)21-12-14(2)3/h5-11,14H,4,12-13H2,1-3H3,(H,21,25). The lowest BCUT2D eigenvalue weighted by Gasteiger charge is -2.09. The Balaban J connectivity index is 1.69. The smallest absolute Gasteiger partial charge is 0.251 e. The molecule has 3 rings (SSSR count). The SMILES string of the molecule is CCn1c(SCc2cccc(C(=O)NCC(C)C)c2)nnc1-c1cccs1. The minimum Gasteiger partial charge on any atom is -0.352 e. The van der Waals surface area contributed by atoms with E-state index in [0.29, 0.717) is 18.0 Å². The number of carbonyl (C=O) groups is 1. The van der Waals surface area contributed by atoms with E-state index in [1.165, 1.54) is 0 Å². The van der Waals surface area contributed by atoms with Crippen LogP contribution >= 0.6 is 23.1 Å². The van der Waals surface area contributed by atoms with Gasteiger partial charge in [0, 0.05) is 24.4 Å². The van der Waals surface area contributed by atoms with Gasteiger partial charge in [-0.2, -0.15) is 0 Å². The average Bonchev–Trinajstić information content (AvgIpc) is 3.33. The van der Waals surface area contributed by atoms with Crippen molar-refractivity contribution in [2.75, 3.05) is 6.54 Å². The van der Waals surface area contributed by atoms with Crippen LogP contribution in [0, 0.1) is 5.92 Å². The molecular weight excluding hydrogens is 376 g/mol. The van der Waals surface area contributed by atoms with Crippen molar-refractivity contribution in [2.24, 2.45) is 5.92 Å². The topological polar surface area (TPSA) is 59.8 Å². The van der Waals surface area contributed by atoms with E-state index in [0.717, 1.165) is 33.7 Å². The summed E-state index contributed by atoms with van der Waals surface area (Å²) in [4.78, 5) is 13.4. The van der Waals surface area contributed by atoms with Gasteiger partial charge >= 0.3 is 0 Å². The largest absolute Gasteiger partial charge is 0.352 e. The second-order valence-electron chi connectivity index (χ2n) is 6.62. The molecule has 1 N–H and O–H groups in total. The summed E-state index contributed by atoms with van der Waals surface area (Å²) in [6, 6.07) is 11.9. The van der Waals surface area contributed by atoms with Crippen LogP contribution < -0.4 is 5.32 Å². The Morgan fingerprint density at radius 1 is 1.26 bits per heavy atom. The molecule has 2 aromatic heterocycles. The van der Waals surface area contributed by atoms with Crippen LogP contribution in [0.3, 0.4) is 0 Å². The highest BCUT2D eigenvalue weighted by Gasteiger charge is 2.14. The number of thiophene rings is 1. The number of rotatable bonds is 8. The maximum Gasteiger partial charge on any atom is 0.251 e. The lowest BCUT2D eigenvalue weighted by Crippen LogP contribution is -2.27. The first-order chi connectivity index (χ1) is 13.1. The third kappa shape index (κ3) is 4.99. The quantitative estimate of drug-likeness (QED) is 0.557. The Morgan fingerprint density at radius 2 is 2.11 bits per heavy atom. The Bertz CT molecular complexity index is 887. The first-order valence-corrected chi connectivity index (χ1v) is 10.9. The summed E-state index contributed by atoms with van der Waals surface area (Å²) >= 11 is 3.31. The molecule has 0 spiro atoms. The molecule has 0 atom stereocenters. The molecule has 1 aromatic carbocycles. The molecule has 7 heteroatoms. The third-order valence-corrected chi connectivity index (χ3v) is 5.91. The van der Waals surface area contributed by atoms with Gasteiger partial charge in [-0.1, -0.05) is 43.8 Å². The molecule has 0 aliphatic carbocycles. The van der Waals surface area contributed by atoms with Gasteiger partial charge < -0.3 is 9.88 Å². The number of nitrogens with one attached hydrogen (secondary N) is 1. The molecule has 27 heavy (non-hydrogen) atoms. The van der Waals surface area contributed by atoms with Gasteiger partial charge in [-0.05, 0) is 42.0 Å². The van der Waals surface area contributed by atoms with Crippen molar-refractivity contribution < 1.29 is 4.79 Å². The van der Waals surface area contributed by atoms with E-state index in [2.05, 4.69) is 46.9 Å². The van der Waals surface area contributed by atoms with E-state index in [4.69, 9.17) is 0 Å². The van der Waals surface area contributed by atoms with Crippen LogP contribution in [0.2, 0.25) is 0 Å². The number of amides is 1. The maximum absolute atomic E-state index is 12.3. The van der Waals surface area contributed by atoms with Crippen LogP contribution in [0.1, 0.15) is 36.7 Å². The van der Waals surface area contributed by atoms with Crippen molar-refractivity contribution in [3.8, 4) is 10.7 Å². The maximum atomic E-state index is 12.3. The summed E-state index contributed by atoms with van der Waals surface area (Å²) in [6.07, 6.45) is 0. The zero-order chi connectivity index (χ0) is 19.2. The fourth-order valence-corrected chi connectivity index (χ4v) is 4.28. The van der Waals surface area contributed by atoms with Gasteiger partial charge in [0.15, 0.2) is 11.0 Å². The van der Waals surface area contributed by atoms with Crippen molar-refractivity contribution in [3.63, 3.8) is 0 Å². The van der Waals surface area contributed by atoms with E-state index >= 15 is 0 Å². The molecule has 0 saturated carbocycles. The number of thioether (sulfide) groups is 1. The summed E-state index contributed by atoms with van der Waals surface area (Å²) in [7, 11) is 0. The predicted octanol–water partition coefficient (Wildman–Crippen LogP) is 4.70. The zero-order valence-electron chi connectivity index (χ0n) is 15.8. The summed E-state index contributed by atoms with van der Waals surface area (Å²) in [5, 5.41) is 14.6. The highest BCUT2D eigenvalue weighted by Crippen LogP contribution is 2.28. The van der Waals surface area contributed by atoms with Crippen molar-refractivity contribution in [1.29, 1.82) is 0 Å². The molecule has 0 aliphatic heterocycles. The molecule has 5 nitrogen and oxygen atoms in total. The Hall–Kier alpha value is -2.12. The van der Waals surface area contributed by atoms with Gasteiger partial charge in [0.05, 0.1) is 4.88 Å². The molecule has 0 unspecified atom stereocenters. The van der Waals surface area contributed by atoms with Gasteiger partial charge in [0.1, 0.15) is 0 Å². The fraction of sp³-hybridized carbons (Fsp3) is 0.350. The van der Waals surface area contributed by atoms with E-state index in [1.54, 1.807) is 23.1 Å². The highest BCUT2D eigenvalue weighted by molar-refractivity contribution is 7.98. The monoisotopic (exact) mass is 400 g/mol. The minimum absolute atomic E-state index is 0.0211. The number of aromatic nitrogens is 3. The molecule has 0 bridgehead atoms. The van der Waals surface area contributed by atoms with Gasteiger partial charge in [0.2, 0.25) is 0 Å². The summed E-state index contributed by atoms with van der Waals surface area (Å²) in [5.74, 6) is 2.07. The van der Waals surface area contributed by atoms with Crippen molar-refractivity contribution in [1.82, 2.24) is 20.1 Å². The zero-order valence-corrected chi connectivity index (χ0v) is 17.4.